The van der Waals surface area contributed by atoms with E-state index in [4.69, 9.17) is 16.7 Å². The van der Waals surface area contributed by atoms with Crippen LogP contribution in [-0.2, 0) is 16.6 Å². The summed E-state index contributed by atoms with van der Waals surface area (Å²) < 4.78 is 53.2. The lowest BCUT2D eigenvalue weighted by molar-refractivity contribution is 0.278. The largest absolute Gasteiger partial charge is 0.392 e. The molecule has 2 rings (SSSR count). The first-order chi connectivity index (χ1) is 9.83. The van der Waals surface area contributed by atoms with E-state index < -0.39 is 33.2 Å². The highest BCUT2D eigenvalue weighted by Gasteiger charge is 2.20. The molecule has 0 aliphatic rings. The van der Waals surface area contributed by atoms with Gasteiger partial charge in [0.05, 0.1) is 17.2 Å². The number of rotatable bonds is 4. The van der Waals surface area contributed by atoms with Crippen molar-refractivity contribution in [2.45, 2.75) is 11.5 Å². The topological polar surface area (TPSA) is 66.4 Å². The molecule has 0 radical (unpaired) electrons. The van der Waals surface area contributed by atoms with Crippen LogP contribution in [0.5, 0.6) is 0 Å². The lowest BCUT2D eigenvalue weighted by Crippen LogP contribution is -2.16. The smallest absolute Gasteiger partial charge is 0.262 e. The summed E-state index contributed by atoms with van der Waals surface area (Å²) in [6.45, 7) is -0.598. The van der Waals surface area contributed by atoms with Crippen LogP contribution in [0.3, 0.4) is 0 Å². The molecule has 0 aliphatic carbocycles. The van der Waals surface area contributed by atoms with E-state index >= 15 is 0 Å². The molecule has 4 nitrogen and oxygen atoms in total. The Balaban J connectivity index is 2.45. The van der Waals surface area contributed by atoms with Crippen LogP contribution in [-0.4, -0.2) is 13.5 Å². The van der Waals surface area contributed by atoms with E-state index in [0.717, 1.165) is 30.3 Å². The second-order valence-electron chi connectivity index (χ2n) is 4.14. The Bertz CT molecular complexity index is 781. The van der Waals surface area contributed by atoms with Gasteiger partial charge < -0.3 is 5.11 Å². The molecule has 8 heteroatoms. The molecule has 0 saturated carbocycles. The van der Waals surface area contributed by atoms with E-state index in [9.17, 15) is 17.2 Å². The van der Waals surface area contributed by atoms with Crippen LogP contribution < -0.4 is 4.72 Å². The molecule has 0 aromatic heterocycles. The Morgan fingerprint density at radius 3 is 2.48 bits per heavy atom. The highest BCUT2D eigenvalue weighted by Crippen LogP contribution is 2.24. The van der Waals surface area contributed by atoms with Gasteiger partial charge in [-0.2, -0.15) is 0 Å². The number of halogens is 3. The van der Waals surface area contributed by atoms with Crippen LogP contribution in [0.1, 0.15) is 5.56 Å². The first-order valence-corrected chi connectivity index (χ1v) is 7.57. The predicted molar refractivity (Wildman–Crippen MR) is 74.5 cm³/mol. The van der Waals surface area contributed by atoms with Crippen molar-refractivity contribution in [1.82, 2.24) is 0 Å². The molecule has 2 aromatic rings. The number of aliphatic hydroxyl groups is 1. The number of benzene rings is 2. The van der Waals surface area contributed by atoms with Crippen molar-refractivity contribution in [3.05, 3.63) is 58.6 Å². The van der Waals surface area contributed by atoms with Gasteiger partial charge in [0.15, 0.2) is 0 Å². The number of hydrogen-bond donors (Lipinski definition) is 2. The van der Waals surface area contributed by atoms with E-state index in [2.05, 4.69) is 0 Å². The van der Waals surface area contributed by atoms with Crippen LogP contribution in [0.25, 0.3) is 0 Å². The minimum absolute atomic E-state index is 0.00160. The molecular weight excluding hydrogens is 324 g/mol. The van der Waals surface area contributed by atoms with E-state index in [1.54, 1.807) is 0 Å². The van der Waals surface area contributed by atoms with Gasteiger partial charge in [-0.3, -0.25) is 4.72 Å². The lowest BCUT2D eigenvalue weighted by Gasteiger charge is -2.12. The zero-order valence-corrected chi connectivity index (χ0v) is 12.0. The van der Waals surface area contributed by atoms with Crippen molar-refractivity contribution < 1.29 is 22.3 Å². The molecule has 112 valence electrons. The molecule has 0 atom stereocenters. The Morgan fingerprint density at radius 1 is 1.14 bits per heavy atom. The minimum atomic E-state index is -4.25. The fraction of sp³-hybridized carbons (Fsp3) is 0.0769. The normalized spacial score (nSPS) is 11.4. The van der Waals surface area contributed by atoms with Crippen molar-refractivity contribution in [3.8, 4) is 0 Å². The molecule has 0 saturated heterocycles. The van der Waals surface area contributed by atoms with Crippen LogP contribution in [0.15, 0.2) is 41.3 Å². The second kappa shape index (κ2) is 5.97. The first-order valence-electron chi connectivity index (χ1n) is 5.70. The van der Waals surface area contributed by atoms with Crippen LogP contribution in [0.2, 0.25) is 5.02 Å². The molecular formula is C13H10ClF2NO3S. The summed E-state index contributed by atoms with van der Waals surface area (Å²) in [6.07, 6.45) is 0. The predicted octanol–water partition coefficient (Wildman–Crippen LogP) is 2.91. The van der Waals surface area contributed by atoms with E-state index in [-0.39, 0.29) is 16.3 Å². The second-order valence-corrected chi connectivity index (χ2v) is 6.23. The minimum Gasteiger partial charge on any atom is -0.392 e. The third kappa shape index (κ3) is 3.49. The van der Waals surface area contributed by atoms with Crippen molar-refractivity contribution in [2.75, 3.05) is 4.72 Å². The summed E-state index contributed by atoms with van der Waals surface area (Å²) in [7, 11) is -4.25. The SMILES string of the molecule is O=S(=O)(Nc1ccc(Cl)cc1F)c1cc(F)ccc1CO. The van der Waals surface area contributed by atoms with Gasteiger partial charge in [-0.1, -0.05) is 17.7 Å². The zero-order valence-electron chi connectivity index (χ0n) is 10.5. The Kier molecular flexibility index (Phi) is 4.46. The Morgan fingerprint density at radius 2 is 1.86 bits per heavy atom. The maximum atomic E-state index is 13.6. The summed E-state index contributed by atoms with van der Waals surface area (Å²) in [5, 5.41) is 9.23. The van der Waals surface area contributed by atoms with Crippen molar-refractivity contribution >= 4 is 27.3 Å². The highest BCUT2D eigenvalue weighted by molar-refractivity contribution is 7.92. The van der Waals surface area contributed by atoms with Gasteiger partial charge in [-0.05, 0) is 35.9 Å². The van der Waals surface area contributed by atoms with Crippen molar-refractivity contribution in [1.29, 1.82) is 0 Å². The number of sulfonamides is 1. The third-order valence-corrected chi connectivity index (χ3v) is 4.35. The van der Waals surface area contributed by atoms with Gasteiger partial charge in [0.25, 0.3) is 10.0 Å². The van der Waals surface area contributed by atoms with Gasteiger partial charge in [-0.15, -0.1) is 0 Å². The summed E-state index contributed by atoms with van der Waals surface area (Å²) in [5.41, 5.74) is -0.328. The first kappa shape index (κ1) is 15.7. The highest BCUT2D eigenvalue weighted by atomic mass is 35.5. The number of aliphatic hydroxyl groups excluding tert-OH is 1. The fourth-order valence-corrected chi connectivity index (χ4v) is 3.15. The van der Waals surface area contributed by atoms with E-state index in [1.807, 2.05) is 4.72 Å². The molecule has 0 amide bonds. The molecule has 0 fully saturated rings. The standard InChI is InChI=1S/C13H10ClF2NO3S/c14-9-2-4-12(11(16)5-9)17-21(19,20)13-6-10(15)3-1-8(13)7-18/h1-6,17-18H,7H2. The van der Waals surface area contributed by atoms with Crippen molar-refractivity contribution in [2.24, 2.45) is 0 Å². The summed E-state index contributed by atoms with van der Waals surface area (Å²) in [6, 6.07) is 6.31. The molecule has 0 aliphatic heterocycles. The third-order valence-electron chi connectivity index (χ3n) is 2.66. The maximum Gasteiger partial charge on any atom is 0.262 e. The Labute approximate surface area is 125 Å². The zero-order chi connectivity index (χ0) is 15.6. The summed E-state index contributed by atoms with van der Waals surface area (Å²) in [5.74, 6) is -1.66. The average Bonchev–Trinajstić information content (AvgIpc) is 2.42. The van der Waals surface area contributed by atoms with Crippen molar-refractivity contribution in [3.63, 3.8) is 0 Å². The number of hydrogen-bond acceptors (Lipinski definition) is 3. The van der Waals surface area contributed by atoms with E-state index in [0.29, 0.717) is 0 Å². The lowest BCUT2D eigenvalue weighted by atomic mass is 10.2. The quantitative estimate of drug-likeness (QED) is 0.904. The maximum absolute atomic E-state index is 13.6. The molecule has 0 bridgehead atoms. The molecule has 21 heavy (non-hydrogen) atoms. The van der Waals surface area contributed by atoms with Gasteiger partial charge in [-0.25, -0.2) is 17.2 Å². The number of nitrogens with one attached hydrogen (secondary N) is 1. The monoisotopic (exact) mass is 333 g/mol. The average molecular weight is 334 g/mol. The van der Waals surface area contributed by atoms with Gasteiger partial charge in [0.1, 0.15) is 11.6 Å². The Hall–Kier alpha value is -1.70. The van der Waals surface area contributed by atoms with Gasteiger partial charge >= 0.3 is 0 Å². The van der Waals surface area contributed by atoms with Crippen LogP contribution in [0.4, 0.5) is 14.5 Å². The van der Waals surface area contributed by atoms with Gasteiger partial charge in [0.2, 0.25) is 0 Å². The van der Waals surface area contributed by atoms with E-state index in [1.165, 1.54) is 6.07 Å². The number of anilines is 1. The molecule has 2 N–H and O–H groups in total. The molecule has 2 aromatic carbocycles. The fourth-order valence-electron chi connectivity index (χ4n) is 1.68. The molecule has 0 heterocycles. The summed E-state index contributed by atoms with van der Waals surface area (Å²) in [4.78, 5) is -0.459. The molecule has 0 unspecified atom stereocenters. The van der Waals surface area contributed by atoms with Gasteiger partial charge in [0, 0.05) is 5.02 Å². The van der Waals surface area contributed by atoms with Crippen LogP contribution >= 0.6 is 11.6 Å². The molecule has 0 spiro atoms. The van der Waals surface area contributed by atoms with Crippen LogP contribution in [0, 0.1) is 11.6 Å². The summed E-state index contributed by atoms with van der Waals surface area (Å²) >= 11 is 5.57.